The summed E-state index contributed by atoms with van der Waals surface area (Å²) >= 11 is 1.67. The first-order chi connectivity index (χ1) is 9.19. The number of benzene rings is 1. The molecule has 98 valence electrons. The first kappa shape index (κ1) is 12.4. The molecule has 0 aliphatic carbocycles. The van der Waals surface area contributed by atoms with E-state index in [1.165, 1.54) is 22.4 Å². The Labute approximate surface area is 116 Å². The minimum atomic E-state index is 0.670. The zero-order chi connectivity index (χ0) is 13.4. The smallest absolute Gasteiger partial charge is 0.194 e. The number of thiazole rings is 1. The van der Waals surface area contributed by atoms with Crippen LogP contribution >= 0.6 is 11.3 Å². The third-order valence-electron chi connectivity index (χ3n) is 3.49. The molecule has 3 nitrogen and oxygen atoms in total. The first-order valence-corrected chi connectivity index (χ1v) is 7.30. The zero-order valence-electron chi connectivity index (χ0n) is 11.2. The molecule has 2 heterocycles. The van der Waals surface area contributed by atoms with E-state index in [0.717, 1.165) is 17.1 Å². The van der Waals surface area contributed by atoms with E-state index in [-0.39, 0.29) is 0 Å². The van der Waals surface area contributed by atoms with Crippen LogP contribution in [0.5, 0.6) is 0 Å². The van der Waals surface area contributed by atoms with Gasteiger partial charge in [-0.3, -0.25) is 4.40 Å². The SMILES string of the molecule is Cc1ccc(-c2cn3c(CCN)csc3n2)cc1C. The van der Waals surface area contributed by atoms with Gasteiger partial charge < -0.3 is 5.73 Å². The van der Waals surface area contributed by atoms with E-state index in [1.807, 2.05) is 0 Å². The van der Waals surface area contributed by atoms with Gasteiger partial charge in [0.1, 0.15) is 0 Å². The lowest BCUT2D eigenvalue weighted by Crippen LogP contribution is -2.04. The molecule has 0 atom stereocenters. The third kappa shape index (κ3) is 2.17. The van der Waals surface area contributed by atoms with E-state index in [2.05, 4.69) is 48.0 Å². The maximum atomic E-state index is 5.64. The normalized spacial score (nSPS) is 11.3. The molecule has 0 amide bonds. The van der Waals surface area contributed by atoms with Crippen molar-refractivity contribution in [1.29, 1.82) is 0 Å². The van der Waals surface area contributed by atoms with E-state index in [1.54, 1.807) is 11.3 Å². The molecular weight excluding hydrogens is 254 g/mol. The van der Waals surface area contributed by atoms with Gasteiger partial charge in [-0.25, -0.2) is 4.98 Å². The zero-order valence-corrected chi connectivity index (χ0v) is 12.0. The lowest BCUT2D eigenvalue weighted by Gasteiger charge is -2.02. The number of rotatable bonds is 3. The first-order valence-electron chi connectivity index (χ1n) is 6.42. The maximum absolute atomic E-state index is 5.64. The number of imidazole rings is 1. The van der Waals surface area contributed by atoms with Gasteiger partial charge in [0, 0.05) is 29.3 Å². The van der Waals surface area contributed by atoms with Crippen molar-refractivity contribution < 1.29 is 0 Å². The predicted octanol–water partition coefficient (Wildman–Crippen LogP) is 3.18. The second-order valence-corrected chi connectivity index (χ2v) is 5.68. The number of hydrogen-bond acceptors (Lipinski definition) is 3. The predicted molar refractivity (Wildman–Crippen MR) is 80.7 cm³/mol. The standard InChI is InChI=1S/C15H17N3S/c1-10-3-4-12(7-11(10)2)14-8-18-13(5-6-16)9-19-15(18)17-14/h3-4,7-9H,5-6,16H2,1-2H3. The summed E-state index contributed by atoms with van der Waals surface area (Å²) in [4.78, 5) is 5.74. The quantitative estimate of drug-likeness (QED) is 0.795. The fourth-order valence-corrected chi connectivity index (χ4v) is 3.10. The third-order valence-corrected chi connectivity index (χ3v) is 4.38. The van der Waals surface area contributed by atoms with E-state index >= 15 is 0 Å². The van der Waals surface area contributed by atoms with Crippen molar-refractivity contribution in [3.8, 4) is 11.3 Å². The summed E-state index contributed by atoms with van der Waals surface area (Å²) in [5, 5.41) is 2.14. The molecule has 0 unspecified atom stereocenters. The highest BCUT2D eigenvalue weighted by Gasteiger charge is 2.09. The molecule has 2 N–H and O–H groups in total. The lowest BCUT2D eigenvalue weighted by atomic mass is 10.1. The van der Waals surface area contributed by atoms with Gasteiger partial charge >= 0.3 is 0 Å². The molecule has 0 saturated carbocycles. The van der Waals surface area contributed by atoms with Crippen LogP contribution in [0.15, 0.2) is 29.8 Å². The minimum absolute atomic E-state index is 0.670. The van der Waals surface area contributed by atoms with Crippen LogP contribution < -0.4 is 5.73 Å². The molecule has 1 aromatic carbocycles. The summed E-state index contributed by atoms with van der Waals surface area (Å²) in [6.45, 7) is 4.93. The van der Waals surface area contributed by atoms with Crippen molar-refractivity contribution in [2.45, 2.75) is 20.3 Å². The Bertz CT molecular complexity index is 724. The number of nitrogens with two attached hydrogens (primary N) is 1. The fraction of sp³-hybridized carbons (Fsp3) is 0.267. The molecule has 3 aromatic rings. The van der Waals surface area contributed by atoms with Gasteiger partial charge in [-0.05, 0) is 37.6 Å². The molecule has 0 saturated heterocycles. The monoisotopic (exact) mass is 271 g/mol. The van der Waals surface area contributed by atoms with Gasteiger partial charge in [0.25, 0.3) is 0 Å². The fourth-order valence-electron chi connectivity index (χ4n) is 2.20. The summed E-state index contributed by atoms with van der Waals surface area (Å²) in [7, 11) is 0. The molecule has 4 heteroatoms. The summed E-state index contributed by atoms with van der Waals surface area (Å²) in [6.07, 6.45) is 3.00. The molecule has 0 aliphatic rings. The van der Waals surface area contributed by atoms with Crippen LogP contribution in [0, 0.1) is 13.8 Å². The van der Waals surface area contributed by atoms with Crippen LogP contribution in [0.1, 0.15) is 16.8 Å². The Balaban J connectivity index is 2.07. The molecule has 0 spiro atoms. The highest BCUT2D eigenvalue weighted by molar-refractivity contribution is 7.15. The molecule has 0 fully saturated rings. The van der Waals surface area contributed by atoms with Crippen LogP contribution in [0.25, 0.3) is 16.2 Å². The molecule has 2 aromatic heterocycles. The molecule has 0 aliphatic heterocycles. The minimum Gasteiger partial charge on any atom is -0.330 e. The number of nitrogens with zero attached hydrogens (tertiary/aromatic N) is 2. The van der Waals surface area contributed by atoms with Crippen LogP contribution in [0.3, 0.4) is 0 Å². The molecular formula is C15H17N3S. The van der Waals surface area contributed by atoms with Crippen LogP contribution in [-0.2, 0) is 6.42 Å². The summed E-state index contributed by atoms with van der Waals surface area (Å²) in [6, 6.07) is 6.49. The summed E-state index contributed by atoms with van der Waals surface area (Å²) in [5.74, 6) is 0. The molecule has 19 heavy (non-hydrogen) atoms. The van der Waals surface area contributed by atoms with Crippen molar-refractivity contribution in [3.63, 3.8) is 0 Å². The summed E-state index contributed by atoms with van der Waals surface area (Å²) in [5.41, 5.74) is 11.7. The highest BCUT2D eigenvalue weighted by Crippen LogP contribution is 2.25. The maximum Gasteiger partial charge on any atom is 0.194 e. The van der Waals surface area contributed by atoms with Gasteiger partial charge in [0.05, 0.1) is 5.69 Å². The Hall–Kier alpha value is -1.65. The van der Waals surface area contributed by atoms with E-state index in [4.69, 9.17) is 10.7 Å². The van der Waals surface area contributed by atoms with Gasteiger partial charge in [0.2, 0.25) is 0 Å². The Morgan fingerprint density at radius 1 is 1.26 bits per heavy atom. The number of aromatic nitrogens is 2. The average Bonchev–Trinajstić information content (AvgIpc) is 2.95. The summed E-state index contributed by atoms with van der Waals surface area (Å²) < 4.78 is 2.15. The Kier molecular flexibility index (Phi) is 3.12. The second kappa shape index (κ2) is 4.79. The molecule has 0 bridgehead atoms. The number of hydrogen-bond donors (Lipinski definition) is 1. The number of fused-ring (bicyclic) bond motifs is 1. The van der Waals surface area contributed by atoms with Gasteiger partial charge in [-0.15, -0.1) is 11.3 Å². The highest BCUT2D eigenvalue weighted by atomic mass is 32.1. The van der Waals surface area contributed by atoms with Crippen molar-refractivity contribution >= 4 is 16.3 Å². The van der Waals surface area contributed by atoms with E-state index in [0.29, 0.717) is 6.54 Å². The average molecular weight is 271 g/mol. The van der Waals surface area contributed by atoms with Gasteiger partial charge in [0.15, 0.2) is 4.96 Å². The van der Waals surface area contributed by atoms with Crippen LogP contribution in [0.2, 0.25) is 0 Å². The lowest BCUT2D eigenvalue weighted by molar-refractivity contribution is 0.909. The van der Waals surface area contributed by atoms with Crippen molar-refractivity contribution in [1.82, 2.24) is 9.38 Å². The van der Waals surface area contributed by atoms with Crippen molar-refractivity contribution in [2.75, 3.05) is 6.54 Å². The topological polar surface area (TPSA) is 43.3 Å². The van der Waals surface area contributed by atoms with Gasteiger partial charge in [-0.2, -0.15) is 0 Å². The largest absolute Gasteiger partial charge is 0.330 e. The van der Waals surface area contributed by atoms with E-state index in [9.17, 15) is 0 Å². The van der Waals surface area contributed by atoms with Gasteiger partial charge in [-0.1, -0.05) is 12.1 Å². The second-order valence-electron chi connectivity index (χ2n) is 4.84. The number of aryl methyl sites for hydroxylation is 2. The van der Waals surface area contributed by atoms with Crippen molar-refractivity contribution in [3.05, 3.63) is 46.6 Å². The van der Waals surface area contributed by atoms with Crippen LogP contribution in [0.4, 0.5) is 0 Å². The Morgan fingerprint density at radius 3 is 2.84 bits per heavy atom. The van der Waals surface area contributed by atoms with Crippen molar-refractivity contribution in [2.24, 2.45) is 5.73 Å². The Morgan fingerprint density at radius 2 is 2.11 bits per heavy atom. The molecule has 0 radical (unpaired) electrons. The van der Waals surface area contributed by atoms with Crippen LogP contribution in [-0.4, -0.2) is 15.9 Å². The van der Waals surface area contributed by atoms with E-state index < -0.39 is 0 Å². The molecule has 3 rings (SSSR count).